The van der Waals surface area contributed by atoms with Gasteiger partial charge in [-0.1, -0.05) is 50.2 Å². The molecule has 0 unspecified atom stereocenters. The Labute approximate surface area is 202 Å². The van der Waals surface area contributed by atoms with Crippen LogP contribution in [0.15, 0.2) is 83.4 Å². The number of fused-ring (bicyclic) bond motifs is 9. The van der Waals surface area contributed by atoms with Gasteiger partial charge in [-0.2, -0.15) is 5.10 Å². The molecule has 5 aromatic heterocycles. The third kappa shape index (κ3) is 2.69. The summed E-state index contributed by atoms with van der Waals surface area (Å²) in [6.45, 7) is 8.80. The highest BCUT2D eigenvalue weighted by Crippen LogP contribution is 2.41. The molecule has 5 heterocycles. The van der Waals surface area contributed by atoms with Crippen molar-refractivity contribution in [2.45, 2.75) is 39.2 Å². The first kappa shape index (κ1) is 20.3. The summed E-state index contributed by atoms with van der Waals surface area (Å²) in [5.41, 5.74) is 6.70. The number of furan rings is 1. The maximum atomic E-state index is 6.71. The van der Waals surface area contributed by atoms with Crippen LogP contribution in [0, 0.1) is 0 Å². The molecule has 0 bridgehead atoms. The van der Waals surface area contributed by atoms with Gasteiger partial charge in [-0.25, -0.2) is 4.52 Å². The van der Waals surface area contributed by atoms with Crippen LogP contribution in [-0.4, -0.2) is 19.2 Å². The number of para-hydroxylation sites is 2. The molecule has 0 N–H and O–H groups in total. The topological polar surface area (TPSA) is 48.3 Å². The van der Waals surface area contributed by atoms with Crippen molar-refractivity contribution >= 4 is 49.3 Å². The lowest BCUT2D eigenvalue weighted by Crippen LogP contribution is -2.26. The quantitative estimate of drug-likeness (QED) is 0.273. The van der Waals surface area contributed by atoms with E-state index in [1.807, 2.05) is 16.8 Å². The molecule has 0 aliphatic heterocycles. The molecule has 0 aliphatic carbocycles. The zero-order chi connectivity index (χ0) is 23.9. The molecular weight excluding hydrogens is 432 g/mol. The molecule has 0 amide bonds. The molecular formula is C30H26N4O. The van der Waals surface area contributed by atoms with E-state index in [-0.39, 0.29) is 0 Å². The van der Waals surface area contributed by atoms with Crippen molar-refractivity contribution < 1.29 is 4.42 Å². The maximum absolute atomic E-state index is 6.71. The van der Waals surface area contributed by atoms with Gasteiger partial charge in [0, 0.05) is 16.5 Å². The van der Waals surface area contributed by atoms with Crippen molar-refractivity contribution in [1.82, 2.24) is 19.2 Å². The highest BCUT2D eigenvalue weighted by atomic mass is 16.3. The van der Waals surface area contributed by atoms with Crippen LogP contribution in [-0.2, 0) is 5.54 Å². The van der Waals surface area contributed by atoms with Gasteiger partial charge < -0.3 is 8.98 Å². The molecule has 0 fully saturated rings. The van der Waals surface area contributed by atoms with Crippen LogP contribution in [0.25, 0.3) is 49.3 Å². The van der Waals surface area contributed by atoms with E-state index in [9.17, 15) is 0 Å². The van der Waals surface area contributed by atoms with E-state index in [2.05, 4.69) is 104 Å². The summed E-state index contributed by atoms with van der Waals surface area (Å²) in [6, 6.07) is 25.6. The summed E-state index contributed by atoms with van der Waals surface area (Å²) in [6.07, 6.45) is 1.82. The smallest absolute Gasteiger partial charge is 0.162 e. The van der Waals surface area contributed by atoms with Gasteiger partial charge in [-0.05, 0) is 56.2 Å². The van der Waals surface area contributed by atoms with E-state index in [1.54, 1.807) is 0 Å². The second-order valence-electron chi connectivity index (χ2n) is 10.2. The van der Waals surface area contributed by atoms with Crippen LogP contribution in [0.4, 0.5) is 0 Å². The third-order valence-electron chi connectivity index (χ3n) is 7.32. The molecule has 7 aromatic rings. The molecule has 0 saturated heterocycles. The summed E-state index contributed by atoms with van der Waals surface area (Å²) in [7, 11) is 0. The van der Waals surface area contributed by atoms with Crippen LogP contribution in [0.3, 0.4) is 0 Å². The molecule has 2 aromatic carbocycles. The van der Waals surface area contributed by atoms with Crippen LogP contribution in [0.5, 0.6) is 0 Å². The lowest BCUT2D eigenvalue weighted by Gasteiger charge is -2.27. The molecule has 35 heavy (non-hydrogen) atoms. The Morgan fingerprint density at radius 3 is 2.14 bits per heavy atom. The monoisotopic (exact) mass is 458 g/mol. The molecule has 0 saturated carbocycles. The van der Waals surface area contributed by atoms with Gasteiger partial charge in [0.2, 0.25) is 0 Å². The summed E-state index contributed by atoms with van der Waals surface area (Å²) in [4.78, 5) is 5.06. The lowest BCUT2D eigenvalue weighted by molar-refractivity contribution is 0.366. The average molecular weight is 459 g/mol. The highest BCUT2D eigenvalue weighted by Gasteiger charge is 2.31. The minimum absolute atomic E-state index is 0.336. The molecule has 172 valence electrons. The number of nitrogens with zero attached hydrogens (tertiary/aromatic N) is 4. The molecule has 0 atom stereocenters. The largest absolute Gasteiger partial charge is 0.456 e. The number of rotatable bonds is 3. The molecule has 5 nitrogen and oxygen atoms in total. The van der Waals surface area contributed by atoms with Gasteiger partial charge in [-0.15, -0.1) is 0 Å². The van der Waals surface area contributed by atoms with Crippen molar-refractivity contribution in [3.05, 3.63) is 90.4 Å². The predicted molar refractivity (Wildman–Crippen MR) is 142 cm³/mol. The summed E-state index contributed by atoms with van der Waals surface area (Å²) >= 11 is 0. The van der Waals surface area contributed by atoms with Gasteiger partial charge in [0.1, 0.15) is 16.8 Å². The Morgan fingerprint density at radius 1 is 0.771 bits per heavy atom. The molecule has 0 aliphatic rings. The fourth-order valence-corrected chi connectivity index (χ4v) is 5.52. The minimum atomic E-state index is -0.444. The van der Waals surface area contributed by atoms with Gasteiger partial charge in [0.25, 0.3) is 0 Å². The van der Waals surface area contributed by atoms with Crippen LogP contribution in [0.2, 0.25) is 0 Å². The number of pyridine rings is 2. The second kappa shape index (κ2) is 6.95. The van der Waals surface area contributed by atoms with E-state index < -0.39 is 5.54 Å². The number of benzene rings is 2. The fourth-order valence-electron chi connectivity index (χ4n) is 5.52. The van der Waals surface area contributed by atoms with Gasteiger partial charge in [-0.3, -0.25) is 4.98 Å². The fraction of sp³-hybridized carbons (Fsp3) is 0.200. The van der Waals surface area contributed by atoms with Gasteiger partial charge >= 0.3 is 0 Å². The predicted octanol–water partition coefficient (Wildman–Crippen LogP) is 7.64. The standard InChI is InChI=1S/C30H26N4O/c1-18(2)22-13-14-25-28(32-22)21-17-27(35-29(21)26-15-16-31-34(25)26)30(3,4)33-23-11-7-5-9-19(23)20-10-6-8-12-24(20)33/h5-18H,1-4H3. The Bertz CT molecular complexity index is 1860. The average Bonchev–Trinajstić information content (AvgIpc) is 3.59. The van der Waals surface area contributed by atoms with Crippen molar-refractivity contribution in [1.29, 1.82) is 0 Å². The zero-order valence-electron chi connectivity index (χ0n) is 20.3. The Balaban J connectivity index is 1.57. The Kier molecular flexibility index (Phi) is 4.03. The maximum Gasteiger partial charge on any atom is 0.162 e. The van der Waals surface area contributed by atoms with Crippen LogP contribution >= 0.6 is 0 Å². The number of hydrogen-bond donors (Lipinski definition) is 0. The SMILES string of the molecule is CC(C)c1ccc2c(n1)c1cc(C(C)(C)n3c4ccccc4c4ccccc43)oc1c1ccnn21. The first-order valence-electron chi connectivity index (χ1n) is 12.1. The van der Waals surface area contributed by atoms with E-state index in [0.29, 0.717) is 5.92 Å². The molecule has 0 spiro atoms. The lowest BCUT2D eigenvalue weighted by atomic mass is 10.00. The molecule has 0 radical (unpaired) electrons. The molecule has 5 heteroatoms. The Morgan fingerprint density at radius 2 is 1.46 bits per heavy atom. The van der Waals surface area contributed by atoms with Crippen LogP contribution < -0.4 is 0 Å². The first-order chi connectivity index (χ1) is 16.9. The van der Waals surface area contributed by atoms with E-state index in [4.69, 9.17) is 9.40 Å². The van der Waals surface area contributed by atoms with E-state index >= 15 is 0 Å². The first-order valence-corrected chi connectivity index (χ1v) is 12.1. The number of aromatic nitrogens is 4. The normalized spacial score (nSPS) is 12.8. The van der Waals surface area contributed by atoms with Crippen LogP contribution in [0.1, 0.15) is 45.1 Å². The van der Waals surface area contributed by atoms with Crippen molar-refractivity contribution in [3.63, 3.8) is 0 Å². The van der Waals surface area contributed by atoms with Gasteiger partial charge in [0.15, 0.2) is 5.58 Å². The Hall–Kier alpha value is -4.12. The zero-order valence-corrected chi connectivity index (χ0v) is 20.3. The number of hydrogen-bond acceptors (Lipinski definition) is 3. The van der Waals surface area contributed by atoms with E-state index in [1.165, 1.54) is 21.8 Å². The second-order valence-corrected chi connectivity index (χ2v) is 10.2. The van der Waals surface area contributed by atoms with Crippen molar-refractivity contribution in [2.75, 3.05) is 0 Å². The van der Waals surface area contributed by atoms with Gasteiger partial charge in [0.05, 0.1) is 33.7 Å². The van der Waals surface area contributed by atoms with E-state index in [0.717, 1.165) is 39.0 Å². The minimum Gasteiger partial charge on any atom is -0.456 e. The van der Waals surface area contributed by atoms with Crippen molar-refractivity contribution in [3.8, 4) is 0 Å². The summed E-state index contributed by atoms with van der Waals surface area (Å²) in [5, 5.41) is 8.11. The van der Waals surface area contributed by atoms with Crippen molar-refractivity contribution in [2.24, 2.45) is 0 Å². The highest BCUT2D eigenvalue weighted by molar-refractivity contribution is 6.10. The summed E-state index contributed by atoms with van der Waals surface area (Å²) < 4.78 is 11.1. The molecule has 7 rings (SSSR count). The third-order valence-corrected chi connectivity index (χ3v) is 7.32. The summed E-state index contributed by atoms with van der Waals surface area (Å²) in [5.74, 6) is 1.23.